The van der Waals surface area contributed by atoms with Gasteiger partial charge in [-0.2, -0.15) is 0 Å². The third-order valence-electron chi connectivity index (χ3n) is 26.6. The molecule has 6 fully saturated rings. The van der Waals surface area contributed by atoms with Gasteiger partial charge < -0.3 is 22.8 Å². The Balaban J connectivity index is 0.000000161. The third kappa shape index (κ3) is 19.8. The summed E-state index contributed by atoms with van der Waals surface area (Å²) in [5.41, 5.74) is -9.22. The molecule has 0 aliphatic heterocycles. The van der Waals surface area contributed by atoms with Crippen LogP contribution < -0.4 is 26.6 Å². The summed E-state index contributed by atoms with van der Waals surface area (Å²) in [5.74, 6) is -25.5. The number of rotatable bonds is 16. The van der Waals surface area contributed by atoms with Crippen molar-refractivity contribution >= 4 is 126 Å². The maximum atomic E-state index is 14.5. The molecule has 5 aromatic heterocycles. The van der Waals surface area contributed by atoms with E-state index < -0.39 is 178 Å². The van der Waals surface area contributed by atoms with E-state index >= 15 is 0 Å². The summed E-state index contributed by atoms with van der Waals surface area (Å²) in [6, 6.07) is 10.1. The molecule has 5 heterocycles. The van der Waals surface area contributed by atoms with Gasteiger partial charge in [0.05, 0.1) is 46.2 Å². The first kappa shape index (κ1) is 103. The number of imidazole rings is 5. The van der Waals surface area contributed by atoms with Crippen molar-refractivity contribution in [1.82, 2.24) is 47.8 Å². The van der Waals surface area contributed by atoms with Gasteiger partial charge in [0.15, 0.2) is 63.3 Å². The van der Waals surface area contributed by atoms with E-state index in [0.29, 0.717) is 41.5 Å². The summed E-state index contributed by atoms with van der Waals surface area (Å²) < 4.78 is 255. The molecule has 726 valence electrons. The molecule has 0 spiro atoms. The molecule has 5 N–H and O–H groups in total. The van der Waals surface area contributed by atoms with E-state index in [1.807, 2.05) is 36.8 Å². The van der Waals surface area contributed by atoms with Crippen LogP contribution >= 0.6 is 0 Å². The van der Waals surface area contributed by atoms with Crippen molar-refractivity contribution in [2.24, 2.45) is 34.5 Å². The van der Waals surface area contributed by atoms with Crippen molar-refractivity contribution in [2.45, 2.75) is 298 Å². The molecule has 5 amide bonds. The second-order valence-corrected chi connectivity index (χ2v) is 41.2. The van der Waals surface area contributed by atoms with Crippen LogP contribution in [-0.4, -0.2) is 112 Å². The lowest BCUT2D eigenvalue weighted by Crippen LogP contribution is -2.60. The quantitative estimate of drug-likeness (QED) is 0.0348. The lowest BCUT2D eigenvalue weighted by atomic mass is 9.67. The van der Waals surface area contributed by atoms with Gasteiger partial charge in [-0.1, -0.05) is 42.0 Å². The van der Waals surface area contributed by atoms with Gasteiger partial charge in [-0.05, 0) is 183 Å². The van der Waals surface area contributed by atoms with E-state index in [1.165, 1.54) is 25.8 Å². The van der Waals surface area contributed by atoms with Crippen LogP contribution in [-0.2, 0) is 51.7 Å². The molecule has 6 saturated carbocycles. The van der Waals surface area contributed by atoms with Crippen molar-refractivity contribution in [3.63, 3.8) is 0 Å². The molecular weight excluding hydrogens is 1790 g/mol. The largest absolute Gasteiger partial charge is 0.305 e. The summed E-state index contributed by atoms with van der Waals surface area (Å²) >= 11 is 0. The Morgan fingerprint density at radius 2 is 0.761 bits per heavy atom. The first-order valence-electron chi connectivity index (χ1n) is 43.3. The third-order valence-corrected chi connectivity index (χ3v) is 26.6. The highest BCUT2D eigenvalue weighted by Gasteiger charge is 2.69. The van der Waals surface area contributed by atoms with Gasteiger partial charge in [0, 0.05) is 127 Å². The molecule has 5 aromatic carbocycles. The number of nitrogens with zero attached hydrogens (tertiary/aromatic N) is 12. The minimum atomic E-state index is -3.51. The SMILES string of the molecule is C.CC(C)(C)n1c(NC(=O)CC2CC(F)(F)C2(C)F)nc2c(F)cc(F)cc21.CC(C)(C)n1c(NC(=O)CC2CC(F)(F)C2(C)F)nc2cc(F)c(F)c(F)c21.CC(C)(C)n1c(NC(=O)CC2CC(F)(F)C2(C)F)nc2cc(F)c(F)cc21.[C-]#[N+]c1cc(F)c2nc(NC(=O)C(C)C(C)(C)C)n(C3(C)CCC3)c2c1.[C-]#[N+]c1cc(F)c2nc(NC(=O)CC3(C)CC3)n(C3(C)CCC3)c2c1. The van der Waals surface area contributed by atoms with Gasteiger partial charge in [0.25, 0.3) is 17.8 Å². The monoisotopic (exact) mass is 1900 g/mol. The summed E-state index contributed by atoms with van der Waals surface area (Å²) in [7, 11) is 0. The Hall–Kier alpha value is -11.5. The molecule has 7 unspecified atom stereocenters. The predicted octanol–water partition coefficient (Wildman–Crippen LogP) is 25.1. The van der Waals surface area contributed by atoms with Crippen molar-refractivity contribution in [2.75, 3.05) is 26.6 Å². The van der Waals surface area contributed by atoms with E-state index in [0.717, 1.165) is 90.3 Å². The molecule has 7 atom stereocenters. The van der Waals surface area contributed by atoms with E-state index in [1.54, 1.807) is 74.4 Å². The second kappa shape index (κ2) is 35.6. The Morgan fingerprint density at radius 1 is 0.410 bits per heavy atom. The van der Waals surface area contributed by atoms with Gasteiger partial charge >= 0.3 is 0 Å². The minimum Gasteiger partial charge on any atom is -0.305 e. The van der Waals surface area contributed by atoms with Crippen LogP contribution in [0.15, 0.2) is 54.6 Å². The van der Waals surface area contributed by atoms with E-state index in [4.69, 9.17) is 13.1 Å². The van der Waals surface area contributed by atoms with Crippen molar-refractivity contribution in [3.05, 3.63) is 130 Å². The Morgan fingerprint density at radius 3 is 1.13 bits per heavy atom. The van der Waals surface area contributed by atoms with Gasteiger partial charge in [0.1, 0.15) is 39.5 Å². The van der Waals surface area contributed by atoms with Crippen LogP contribution in [0.5, 0.6) is 0 Å². The average Bonchev–Trinajstić information content (AvgIpc) is 1.68. The smallest absolute Gasteiger partial charge is 0.281 e. The highest BCUT2D eigenvalue weighted by atomic mass is 19.3. The van der Waals surface area contributed by atoms with Crippen molar-refractivity contribution in [3.8, 4) is 0 Å². The van der Waals surface area contributed by atoms with Gasteiger partial charge in [0.2, 0.25) is 59.3 Å². The summed E-state index contributed by atoms with van der Waals surface area (Å²) in [6.07, 6.45) is 4.87. The fourth-order valence-corrected chi connectivity index (χ4v) is 17.2. The number of amides is 5. The second-order valence-electron chi connectivity index (χ2n) is 41.2. The number of anilines is 5. The minimum absolute atomic E-state index is 0. The van der Waals surface area contributed by atoms with E-state index in [2.05, 4.69) is 82.0 Å². The highest BCUT2D eigenvalue weighted by Crippen LogP contribution is 2.59. The maximum Gasteiger partial charge on any atom is 0.281 e. The zero-order valence-corrected chi connectivity index (χ0v) is 76.8. The Bertz CT molecular complexity index is 6390. The van der Waals surface area contributed by atoms with Gasteiger partial charge in [-0.25, -0.2) is 114 Å². The number of carbonyl (C=O) groups is 5. The molecule has 6 aliphatic carbocycles. The molecule has 0 saturated heterocycles. The summed E-state index contributed by atoms with van der Waals surface area (Å²) in [5, 5.41) is 13.0. The number of hydrogen-bond donors (Lipinski definition) is 5. The molecule has 0 bridgehead atoms. The predicted molar refractivity (Wildman–Crippen MR) is 473 cm³/mol. The van der Waals surface area contributed by atoms with Gasteiger partial charge in [-0.15, -0.1) is 0 Å². The van der Waals surface area contributed by atoms with Crippen LogP contribution in [0.4, 0.5) is 120 Å². The lowest BCUT2D eigenvalue weighted by Gasteiger charge is -2.47. The van der Waals surface area contributed by atoms with Crippen LogP contribution in [0.25, 0.3) is 64.9 Å². The first-order valence-corrected chi connectivity index (χ1v) is 43.3. The molecule has 0 radical (unpaired) electrons. The molecule has 134 heavy (non-hydrogen) atoms. The fraction of sp³-hybridized carbons (Fsp3) is 0.553. The van der Waals surface area contributed by atoms with E-state index in [9.17, 15) is 103 Å². The number of carbonyl (C=O) groups excluding carboxylic acids is 5. The number of benzene rings is 5. The fourth-order valence-electron chi connectivity index (χ4n) is 17.2. The molecule has 40 heteroatoms. The topological polar surface area (TPSA) is 243 Å². The standard InChI is InChI=1S/C20H25FN4O.C19H21FN4O.C18H19F6N3O.2C18H20F5N3O.CH4/c1-12(19(2,3)4)17(26)24-18-23-16-14(21)10-13(22-6)11-15(16)25(18)20(5)8-7-9-20;1-18(7-8-18)11-15(25)22-17-23-16-13(20)9-12(21-3)10-14(16)24(17)19(2)5-4-6-19;1-16(2,3)27-14-10(6-9(19)12(20)13(14)21)25-15(27)26-11(28)5-8-7-18(23,24)17(8,4)22;1-16(2,3)26-13-7-11(20)10(19)6-12(13)24-15(26)25-14(27)5-9-8-18(22,23)17(9,4)21;1-16(2,3)26-12-7-10(19)6-11(20)14(12)25-15(26)24-13(27)5-9-8-18(22,23)17(9,4)21;/h10-12H,7-9H2,1-5H3,(H,23,24,26);9-10H,4-8,11H2,1-2H3,(H,22,23,25);6,8H,5,7H2,1-4H3,(H,25,26,28);2*6-7,9H,5,8H2,1-4H3,(H,24,25,27);1H4. The Kier molecular flexibility index (Phi) is 27.4. The van der Waals surface area contributed by atoms with Crippen LogP contribution in [0.3, 0.4) is 0 Å². The van der Waals surface area contributed by atoms with Crippen molar-refractivity contribution < 1.29 is 103 Å². The van der Waals surface area contributed by atoms with Crippen molar-refractivity contribution in [1.29, 1.82) is 0 Å². The number of hydrogen-bond acceptors (Lipinski definition) is 10. The van der Waals surface area contributed by atoms with Crippen LogP contribution in [0.2, 0.25) is 0 Å². The van der Waals surface area contributed by atoms with E-state index in [-0.39, 0.29) is 120 Å². The maximum absolute atomic E-state index is 14.5. The first-order chi connectivity index (χ1) is 61.0. The zero-order valence-electron chi connectivity index (χ0n) is 76.8. The molecule has 10 aromatic rings. The van der Waals surface area contributed by atoms with Crippen LogP contribution in [0.1, 0.15) is 235 Å². The number of aromatic nitrogens is 10. The summed E-state index contributed by atoms with van der Waals surface area (Å²) in [6.45, 7) is 46.3. The number of halogens is 18. The lowest BCUT2D eigenvalue weighted by molar-refractivity contribution is -0.242. The average molecular weight is 1900 g/mol. The highest BCUT2D eigenvalue weighted by molar-refractivity contribution is 5.97. The number of nitrogens with one attached hydrogen (secondary N) is 5. The number of alkyl halides is 9. The molecule has 16 rings (SSSR count). The molecular formula is C94H109F18N17O5. The normalized spacial score (nSPS) is 22.1. The molecule has 6 aliphatic rings. The Labute approximate surface area is 762 Å². The number of fused-ring (bicyclic) bond motifs is 5. The molecule has 22 nitrogen and oxygen atoms in total. The van der Waals surface area contributed by atoms with Crippen LogP contribution in [0, 0.1) is 100 Å². The zero-order chi connectivity index (χ0) is 99.0. The summed E-state index contributed by atoms with van der Waals surface area (Å²) in [4.78, 5) is 89.6. The van der Waals surface area contributed by atoms with Gasteiger partial charge in [-0.3, -0.25) is 50.6 Å².